The van der Waals surface area contributed by atoms with E-state index in [1.165, 1.54) is 0 Å². The van der Waals surface area contributed by atoms with Crippen molar-refractivity contribution in [3.05, 3.63) is 71.5 Å². The van der Waals surface area contributed by atoms with Crippen molar-refractivity contribution in [1.29, 1.82) is 0 Å². The molecule has 4 heterocycles. The topological polar surface area (TPSA) is 93.5 Å². The molecule has 2 aliphatic rings. The van der Waals surface area contributed by atoms with Crippen molar-refractivity contribution >= 4 is 16.8 Å². The summed E-state index contributed by atoms with van der Waals surface area (Å²) in [7, 11) is 0. The van der Waals surface area contributed by atoms with Crippen molar-refractivity contribution in [2.45, 2.75) is 25.3 Å². The number of carbonyl (C=O) groups is 1. The predicted octanol–water partition coefficient (Wildman–Crippen LogP) is 3.39. The molecule has 1 atom stereocenters. The number of hydrogen-bond acceptors (Lipinski definition) is 6. The van der Waals surface area contributed by atoms with Crippen molar-refractivity contribution < 1.29 is 18.8 Å². The number of ether oxygens (including phenoxy) is 2. The van der Waals surface area contributed by atoms with Crippen LogP contribution in [0.2, 0.25) is 0 Å². The number of amides is 1. The summed E-state index contributed by atoms with van der Waals surface area (Å²) < 4.78 is 16.3. The Morgan fingerprint density at radius 2 is 2.03 bits per heavy atom. The molecule has 1 amide bonds. The highest BCUT2D eigenvalue weighted by atomic mass is 16.7. The Morgan fingerprint density at radius 3 is 3.00 bits per heavy atom. The number of hydrogen-bond donors (Lipinski definition) is 1. The molecular weight excluding hydrogens is 396 g/mol. The van der Waals surface area contributed by atoms with Crippen molar-refractivity contribution in [1.82, 2.24) is 20.0 Å². The zero-order valence-electron chi connectivity index (χ0n) is 16.7. The molecule has 31 heavy (non-hydrogen) atoms. The van der Waals surface area contributed by atoms with Gasteiger partial charge in [-0.3, -0.25) is 4.79 Å². The summed E-state index contributed by atoms with van der Waals surface area (Å²) in [5, 5.41) is 5.32. The summed E-state index contributed by atoms with van der Waals surface area (Å²) in [5.41, 5.74) is 3.20. The zero-order chi connectivity index (χ0) is 20.8. The maximum absolute atomic E-state index is 12.6. The molecule has 8 nitrogen and oxygen atoms in total. The van der Waals surface area contributed by atoms with Gasteiger partial charge in [0, 0.05) is 42.5 Å². The van der Waals surface area contributed by atoms with Gasteiger partial charge in [-0.1, -0.05) is 29.4 Å². The Bertz CT molecular complexity index is 1280. The molecule has 0 saturated carbocycles. The molecule has 1 saturated heterocycles. The van der Waals surface area contributed by atoms with Gasteiger partial charge in [0.2, 0.25) is 18.6 Å². The molecule has 1 N–H and O–H groups in total. The fourth-order valence-corrected chi connectivity index (χ4v) is 4.30. The van der Waals surface area contributed by atoms with Crippen LogP contribution < -0.4 is 9.47 Å². The number of para-hydroxylation sites is 1. The fraction of sp³-hybridized carbons (Fsp3) is 0.261. The van der Waals surface area contributed by atoms with Crippen LogP contribution in [0.4, 0.5) is 0 Å². The first-order valence-corrected chi connectivity index (χ1v) is 10.3. The first kappa shape index (κ1) is 18.0. The molecule has 2 aromatic carbocycles. The van der Waals surface area contributed by atoms with Gasteiger partial charge in [-0.05, 0) is 29.3 Å². The SMILES string of the molecule is O=C1CC(c2noc(Cc3c[nH]c4ccccc34)n2)CN1Cc1ccc2c(c1)OCO2. The Kier molecular flexibility index (Phi) is 4.15. The van der Waals surface area contributed by atoms with E-state index in [4.69, 9.17) is 14.0 Å². The summed E-state index contributed by atoms with van der Waals surface area (Å²) in [4.78, 5) is 22.3. The molecule has 2 aromatic heterocycles. The van der Waals surface area contributed by atoms with E-state index in [0.717, 1.165) is 33.5 Å². The van der Waals surface area contributed by atoms with Gasteiger partial charge in [0.05, 0.1) is 6.42 Å². The zero-order valence-corrected chi connectivity index (χ0v) is 16.7. The first-order chi connectivity index (χ1) is 15.2. The van der Waals surface area contributed by atoms with Crippen molar-refractivity contribution in [3.63, 3.8) is 0 Å². The second-order valence-corrected chi connectivity index (χ2v) is 7.95. The molecule has 0 bridgehead atoms. The van der Waals surface area contributed by atoms with E-state index in [1.54, 1.807) is 0 Å². The van der Waals surface area contributed by atoms with E-state index in [9.17, 15) is 4.79 Å². The molecule has 8 heteroatoms. The van der Waals surface area contributed by atoms with E-state index in [-0.39, 0.29) is 18.6 Å². The molecule has 0 radical (unpaired) electrons. The van der Waals surface area contributed by atoms with Crippen LogP contribution in [0.5, 0.6) is 11.5 Å². The van der Waals surface area contributed by atoms with E-state index in [1.807, 2.05) is 47.5 Å². The summed E-state index contributed by atoms with van der Waals surface area (Å²) in [6.07, 6.45) is 2.91. The van der Waals surface area contributed by atoms with Crippen LogP contribution in [0.1, 0.15) is 35.2 Å². The number of H-pyrrole nitrogens is 1. The predicted molar refractivity (Wildman–Crippen MR) is 111 cm³/mol. The van der Waals surface area contributed by atoms with Crippen LogP contribution in [0.3, 0.4) is 0 Å². The highest BCUT2D eigenvalue weighted by molar-refractivity contribution is 5.83. The largest absolute Gasteiger partial charge is 0.454 e. The van der Waals surface area contributed by atoms with Crippen molar-refractivity contribution in [2.75, 3.05) is 13.3 Å². The average molecular weight is 416 g/mol. The van der Waals surface area contributed by atoms with E-state index in [2.05, 4.69) is 21.2 Å². The van der Waals surface area contributed by atoms with Crippen molar-refractivity contribution in [2.24, 2.45) is 0 Å². The second kappa shape index (κ2) is 7.16. The monoisotopic (exact) mass is 416 g/mol. The number of benzene rings is 2. The van der Waals surface area contributed by atoms with Gasteiger partial charge in [-0.25, -0.2) is 0 Å². The molecule has 1 unspecified atom stereocenters. The van der Waals surface area contributed by atoms with E-state index >= 15 is 0 Å². The van der Waals surface area contributed by atoms with Crippen LogP contribution >= 0.6 is 0 Å². The van der Waals surface area contributed by atoms with Crippen molar-refractivity contribution in [3.8, 4) is 11.5 Å². The summed E-state index contributed by atoms with van der Waals surface area (Å²) in [6.45, 7) is 1.33. The molecule has 0 spiro atoms. The number of likely N-dealkylation sites (tertiary alicyclic amines) is 1. The van der Waals surface area contributed by atoms with Gasteiger partial charge in [0.15, 0.2) is 17.3 Å². The van der Waals surface area contributed by atoms with Gasteiger partial charge in [0.1, 0.15) is 0 Å². The molecular formula is C23H20N4O4. The van der Waals surface area contributed by atoms with Gasteiger partial charge >= 0.3 is 0 Å². The number of fused-ring (bicyclic) bond motifs is 2. The number of aromatic nitrogens is 3. The Morgan fingerprint density at radius 1 is 1.13 bits per heavy atom. The molecule has 0 aliphatic carbocycles. The number of rotatable bonds is 5. The lowest BCUT2D eigenvalue weighted by Crippen LogP contribution is -2.24. The number of aromatic amines is 1. The van der Waals surface area contributed by atoms with Crippen LogP contribution in [-0.2, 0) is 17.8 Å². The summed E-state index contributed by atoms with van der Waals surface area (Å²) in [6, 6.07) is 13.9. The molecule has 2 aliphatic heterocycles. The van der Waals surface area contributed by atoms with Gasteiger partial charge in [0.25, 0.3) is 0 Å². The van der Waals surface area contributed by atoms with Crippen LogP contribution in [0, 0.1) is 0 Å². The third-order valence-electron chi connectivity index (χ3n) is 5.89. The van der Waals surface area contributed by atoms with Crippen LogP contribution in [0.25, 0.3) is 10.9 Å². The van der Waals surface area contributed by atoms with Gasteiger partial charge in [-0.15, -0.1) is 0 Å². The summed E-state index contributed by atoms with van der Waals surface area (Å²) >= 11 is 0. The fourth-order valence-electron chi connectivity index (χ4n) is 4.30. The quantitative estimate of drug-likeness (QED) is 0.536. The van der Waals surface area contributed by atoms with E-state index in [0.29, 0.717) is 37.6 Å². The minimum absolute atomic E-state index is 0.0676. The average Bonchev–Trinajstić information content (AvgIpc) is 3.56. The van der Waals surface area contributed by atoms with Gasteiger partial charge in [-0.2, -0.15) is 4.98 Å². The van der Waals surface area contributed by atoms with Gasteiger partial charge < -0.3 is 23.9 Å². The number of nitrogens with one attached hydrogen (secondary N) is 1. The minimum Gasteiger partial charge on any atom is -0.454 e. The van der Waals surface area contributed by atoms with Crippen LogP contribution in [-0.4, -0.2) is 39.3 Å². The van der Waals surface area contributed by atoms with E-state index < -0.39 is 0 Å². The lowest BCUT2D eigenvalue weighted by atomic mass is 10.1. The minimum atomic E-state index is -0.0676. The normalized spacial score (nSPS) is 17.7. The maximum Gasteiger partial charge on any atom is 0.231 e. The maximum atomic E-state index is 12.6. The highest BCUT2D eigenvalue weighted by Gasteiger charge is 2.34. The number of nitrogens with zero attached hydrogens (tertiary/aromatic N) is 3. The Hall–Kier alpha value is -3.81. The lowest BCUT2D eigenvalue weighted by Gasteiger charge is -2.16. The van der Waals surface area contributed by atoms with Crippen LogP contribution in [0.15, 0.2) is 53.2 Å². The summed E-state index contributed by atoms with van der Waals surface area (Å²) in [5.74, 6) is 2.63. The number of carbonyl (C=O) groups excluding carboxylic acids is 1. The third-order valence-corrected chi connectivity index (χ3v) is 5.89. The lowest BCUT2D eigenvalue weighted by molar-refractivity contribution is -0.128. The standard InChI is InChI=1S/C23H20N4O4/c28-22-9-16(12-27(22)11-14-5-6-19-20(7-14)30-13-29-19)23-25-21(31-26-23)8-15-10-24-18-4-2-1-3-17(15)18/h1-7,10,16,24H,8-9,11-13H2. The first-order valence-electron chi connectivity index (χ1n) is 10.3. The highest BCUT2D eigenvalue weighted by Crippen LogP contribution is 2.34. The Labute approximate surface area is 177 Å². The molecule has 4 aromatic rings. The third kappa shape index (κ3) is 3.30. The molecule has 6 rings (SSSR count). The second-order valence-electron chi connectivity index (χ2n) is 7.95. The molecule has 1 fully saturated rings. The Balaban J connectivity index is 1.15. The smallest absolute Gasteiger partial charge is 0.231 e. The molecule has 156 valence electrons.